The first-order valence-electron chi connectivity index (χ1n) is 24.4. The Labute approximate surface area is 372 Å². The van der Waals surface area contributed by atoms with Crippen LogP contribution < -0.4 is 0 Å². The molecule has 9 aliphatic carbocycles. The summed E-state index contributed by atoms with van der Waals surface area (Å²) in [5, 5.41) is 28.8. The molecule has 0 amide bonds. The minimum absolute atomic E-state index is 0.0281. The van der Waals surface area contributed by atoms with Crippen molar-refractivity contribution in [2.75, 3.05) is 0 Å². The van der Waals surface area contributed by atoms with Crippen LogP contribution in [0.25, 0.3) is 0 Å². The van der Waals surface area contributed by atoms with Gasteiger partial charge in [-0.25, -0.2) is 0 Å². The molecule has 4 bridgehead atoms. The van der Waals surface area contributed by atoms with E-state index < -0.39 is 71.9 Å². The van der Waals surface area contributed by atoms with Crippen LogP contribution in [0.1, 0.15) is 143 Å². The van der Waals surface area contributed by atoms with Crippen LogP contribution in [-0.2, 0) is 43.0 Å². The molecule has 0 saturated heterocycles. The Hall–Kier alpha value is -3.96. The van der Waals surface area contributed by atoms with E-state index >= 15 is 0 Å². The predicted octanol–water partition coefficient (Wildman–Crippen LogP) is 8.96. The molecule has 63 heavy (non-hydrogen) atoms. The van der Waals surface area contributed by atoms with Crippen LogP contribution in [0.5, 0.6) is 0 Å². The van der Waals surface area contributed by atoms with Crippen molar-refractivity contribution < 1.29 is 58.3 Å². The number of aliphatic carboxylic acids is 3. The summed E-state index contributed by atoms with van der Waals surface area (Å²) >= 11 is 0. The van der Waals surface area contributed by atoms with Crippen molar-refractivity contribution in [2.45, 2.75) is 160 Å². The molecule has 346 valence electrons. The average molecular weight is 875 g/mol. The van der Waals surface area contributed by atoms with Gasteiger partial charge < -0.3 is 29.5 Å². The quantitative estimate of drug-likeness (QED) is 0.0545. The van der Waals surface area contributed by atoms with Gasteiger partial charge in [-0.05, 0) is 161 Å². The fourth-order valence-electron chi connectivity index (χ4n) is 16.1. The standard InChI is InChI=1S/C51H70O12/c1-4-31-9-5-6-10-38(31)50(62-43(59)25-40(54)55)21-17-36(27-50)30(3)46-34-15-16-35(23-34)48(46)51(63-44(60)26-41(56)57)22-18-37(28-51)29(2)45-32-11-13-33(14-12-32)47(45)49(19-7-8-20-49)61-42(58)24-39(52)53/h5-6,11,13,15-16,29-38,45-48H,4,7-10,12,14,17-28H2,1-3H3,(H,52,53)(H,54,55)(H,56,57). The van der Waals surface area contributed by atoms with Crippen molar-refractivity contribution >= 4 is 35.8 Å². The van der Waals surface area contributed by atoms with E-state index in [2.05, 4.69) is 57.2 Å². The van der Waals surface area contributed by atoms with Gasteiger partial charge in [0.2, 0.25) is 0 Å². The number of fused-ring (bicyclic) bond motifs is 4. The number of carboxylic acid groups (broad SMARTS) is 3. The summed E-state index contributed by atoms with van der Waals surface area (Å²) in [7, 11) is 0. The summed E-state index contributed by atoms with van der Waals surface area (Å²) in [4.78, 5) is 75.3. The van der Waals surface area contributed by atoms with E-state index in [1.807, 2.05) is 0 Å². The summed E-state index contributed by atoms with van der Waals surface area (Å²) in [6.45, 7) is 6.81. The molecule has 0 aliphatic heterocycles. The summed E-state index contributed by atoms with van der Waals surface area (Å²) in [5.41, 5.74) is -2.36. The molecule has 5 fully saturated rings. The number of ether oxygens (including phenoxy) is 3. The zero-order chi connectivity index (χ0) is 44.8. The van der Waals surface area contributed by atoms with Gasteiger partial charge in [0.05, 0.1) is 0 Å². The zero-order valence-corrected chi connectivity index (χ0v) is 37.5. The fraction of sp³-hybridized carbons (Fsp3) is 0.765. The molecule has 12 heteroatoms. The molecule has 9 rings (SSSR count). The monoisotopic (exact) mass is 874 g/mol. The number of carbonyl (C=O) groups excluding carboxylic acids is 3. The Morgan fingerprint density at radius 1 is 0.571 bits per heavy atom. The van der Waals surface area contributed by atoms with Gasteiger partial charge in [-0.15, -0.1) is 0 Å². The number of carbonyl (C=O) groups is 6. The SMILES string of the molecule is CCC1CC=CCC1C1(OC(=O)CC(=O)O)CCC(C(C)C2C3C=CC(C3)C2C2(OC(=O)CC(=O)O)CCC(C(C)C3C4C=CC(CC4)C3C3(OC(=O)CC(=O)O)CCCC3)C2)C1. The van der Waals surface area contributed by atoms with E-state index in [1.54, 1.807) is 0 Å². The van der Waals surface area contributed by atoms with E-state index in [0.717, 1.165) is 77.0 Å². The molecule has 0 aromatic rings. The smallest absolute Gasteiger partial charge is 0.317 e. The minimum atomic E-state index is -1.22. The second-order valence-electron chi connectivity index (χ2n) is 21.4. The minimum Gasteiger partial charge on any atom is -0.481 e. The van der Waals surface area contributed by atoms with Crippen molar-refractivity contribution in [1.82, 2.24) is 0 Å². The van der Waals surface area contributed by atoms with Crippen molar-refractivity contribution in [3.8, 4) is 0 Å². The molecular formula is C51H70O12. The molecule has 0 aromatic heterocycles. The van der Waals surface area contributed by atoms with Crippen LogP contribution in [0.3, 0.4) is 0 Å². The first kappa shape index (κ1) is 45.6. The van der Waals surface area contributed by atoms with Gasteiger partial charge in [-0.1, -0.05) is 63.6 Å². The number of hydrogen-bond acceptors (Lipinski definition) is 9. The lowest BCUT2D eigenvalue weighted by Crippen LogP contribution is -2.54. The summed E-state index contributed by atoms with van der Waals surface area (Å²) in [6.07, 6.45) is 24.8. The van der Waals surface area contributed by atoms with Crippen molar-refractivity contribution in [3.63, 3.8) is 0 Å². The highest BCUT2D eigenvalue weighted by Gasteiger charge is 2.64. The van der Waals surface area contributed by atoms with Gasteiger partial charge in [0.25, 0.3) is 0 Å². The molecule has 9 aliphatic rings. The van der Waals surface area contributed by atoms with Gasteiger partial charge in [0.1, 0.15) is 36.1 Å². The maximum Gasteiger partial charge on any atom is 0.317 e. The molecule has 0 radical (unpaired) electrons. The maximum atomic E-state index is 13.7. The highest BCUT2D eigenvalue weighted by molar-refractivity contribution is 5.91. The molecular weight excluding hydrogens is 805 g/mol. The van der Waals surface area contributed by atoms with Gasteiger partial charge in [-0.2, -0.15) is 0 Å². The largest absolute Gasteiger partial charge is 0.481 e. The second kappa shape index (κ2) is 18.1. The average Bonchev–Trinajstić information content (AvgIpc) is 4.10. The lowest BCUT2D eigenvalue weighted by molar-refractivity contribution is -0.181. The molecule has 16 atom stereocenters. The van der Waals surface area contributed by atoms with Gasteiger partial charge in [0, 0.05) is 17.8 Å². The van der Waals surface area contributed by atoms with Crippen LogP contribution >= 0.6 is 0 Å². The van der Waals surface area contributed by atoms with E-state index in [1.165, 1.54) is 0 Å². The third-order valence-corrected chi connectivity index (χ3v) is 18.4. The maximum absolute atomic E-state index is 13.7. The molecule has 0 heterocycles. The van der Waals surface area contributed by atoms with Crippen molar-refractivity contribution in [1.29, 1.82) is 0 Å². The molecule has 5 saturated carbocycles. The highest BCUT2D eigenvalue weighted by atomic mass is 16.6. The Morgan fingerprint density at radius 2 is 1.03 bits per heavy atom. The highest BCUT2D eigenvalue weighted by Crippen LogP contribution is 2.65. The van der Waals surface area contributed by atoms with Crippen molar-refractivity contribution in [3.05, 3.63) is 36.5 Å². The second-order valence-corrected chi connectivity index (χ2v) is 21.4. The predicted molar refractivity (Wildman–Crippen MR) is 230 cm³/mol. The Bertz CT molecular complexity index is 1880. The molecule has 3 N–H and O–H groups in total. The fourth-order valence-corrected chi connectivity index (χ4v) is 16.1. The lowest BCUT2D eigenvalue weighted by Gasteiger charge is -2.55. The van der Waals surface area contributed by atoms with E-state index in [9.17, 15) is 44.1 Å². The molecule has 0 spiro atoms. The third kappa shape index (κ3) is 8.79. The van der Waals surface area contributed by atoms with Crippen molar-refractivity contribution in [2.24, 2.45) is 82.9 Å². The molecule has 16 unspecified atom stereocenters. The first-order chi connectivity index (χ1) is 30.1. The Kier molecular flexibility index (Phi) is 13.1. The third-order valence-electron chi connectivity index (χ3n) is 18.4. The summed E-state index contributed by atoms with van der Waals surface area (Å²) < 4.78 is 19.4. The Morgan fingerprint density at radius 3 is 1.60 bits per heavy atom. The first-order valence-corrected chi connectivity index (χ1v) is 24.4. The van der Waals surface area contributed by atoms with Crippen LogP contribution in [0.15, 0.2) is 36.5 Å². The topological polar surface area (TPSA) is 191 Å². The summed E-state index contributed by atoms with van der Waals surface area (Å²) in [5.74, 6) is -3.28. The Balaban J connectivity index is 1.09. The number of rotatable bonds is 17. The lowest BCUT2D eigenvalue weighted by atomic mass is 9.52. The number of carboxylic acids is 3. The van der Waals surface area contributed by atoms with E-state index in [-0.39, 0.29) is 76.9 Å². The van der Waals surface area contributed by atoms with E-state index in [0.29, 0.717) is 31.6 Å². The number of allylic oxidation sites excluding steroid dienone is 6. The van der Waals surface area contributed by atoms with Crippen LogP contribution in [0.2, 0.25) is 0 Å². The zero-order valence-electron chi connectivity index (χ0n) is 37.5. The normalized spacial score (nSPS) is 40.4. The number of esters is 3. The van der Waals surface area contributed by atoms with Gasteiger partial charge >= 0.3 is 35.8 Å². The van der Waals surface area contributed by atoms with Crippen LogP contribution in [0, 0.1) is 82.9 Å². The molecule has 12 nitrogen and oxygen atoms in total. The van der Waals surface area contributed by atoms with Crippen LogP contribution in [0.4, 0.5) is 0 Å². The summed E-state index contributed by atoms with van der Waals surface area (Å²) in [6, 6.07) is 0. The van der Waals surface area contributed by atoms with E-state index in [4.69, 9.17) is 14.2 Å². The number of hydrogen-bond donors (Lipinski definition) is 3. The van der Waals surface area contributed by atoms with Crippen LogP contribution in [-0.4, -0.2) is 67.9 Å². The molecule has 0 aromatic carbocycles. The van der Waals surface area contributed by atoms with Gasteiger partial charge in [-0.3, -0.25) is 28.8 Å². The van der Waals surface area contributed by atoms with Gasteiger partial charge in [0.15, 0.2) is 0 Å².